The highest BCUT2D eigenvalue weighted by atomic mass is 35.5. The molecule has 0 saturated carbocycles. The molecular formula is C12H10ClN3S. The number of aromatic nitrogens is 1. The van der Waals surface area contributed by atoms with Gasteiger partial charge >= 0.3 is 0 Å². The van der Waals surface area contributed by atoms with E-state index in [2.05, 4.69) is 16.4 Å². The molecule has 0 bridgehead atoms. The zero-order chi connectivity index (χ0) is 12.3. The van der Waals surface area contributed by atoms with Gasteiger partial charge in [-0.05, 0) is 24.6 Å². The number of benzene rings is 1. The van der Waals surface area contributed by atoms with Crippen LogP contribution in [0.1, 0.15) is 16.1 Å². The van der Waals surface area contributed by atoms with Crippen molar-refractivity contribution >= 4 is 28.6 Å². The number of hydrogen-bond donors (Lipinski definition) is 1. The minimum absolute atomic E-state index is 0.618. The van der Waals surface area contributed by atoms with Crippen LogP contribution in [0, 0.1) is 18.3 Å². The molecule has 1 heterocycles. The van der Waals surface area contributed by atoms with E-state index >= 15 is 0 Å². The van der Waals surface area contributed by atoms with Gasteiger partial charge in [-0.1, -0.05) is 17.7 Å². The normalized spacial score (nSPS) is 9.94. The Morgan fingerprint density at radius 1 is 1.53 bits per heavy atom. The molecule has 0 unspecified atom stereocenters. The fourth-order valence-corrected chi connectivity index (χ4v) is 2.32. The SMILES string of the molecule is Cc1ccc(C#N)cc1NCc1ncc(Cl)s1. The van der Waals surface area contributed by atoms with Crippen LogP contribution in [-0.2, 0) is 6.54 Å². The average Bonchev–Trinajstić information content (AvgIpc) is 2.74. The van der Waals surface area contributed by atoms with Crippen molar-refractivity contribution in [3.05, 3.63) is 44.9 Å². The third kappa shape index (κ3) is 2.96. The van der Waals surface area contributed by atoms with E-state index in [4.69, 9.17) is 16.9 Å². The summed E-state index contributed by atoms with van der Waals surface area (Å²) in [5.74, 6) is 0. The Balaban J connectivity index is 2.11. The number of nitrogens with zero attached hydrogens (tertiary/aromatic N) is 2. The maximum atomic E-state index is 8.84. The fraction of sp³-hybridized carbons (Fsp3) is 0.167. The number of nitrogens with one attached hydrogen (secondary N) is 1. The molecule has 3 nitrogen and oxygen atoms in total. The third-order valence-corrected chi connectivity index (χ3v) is 3.44. The molecule has 86 valence electrons. The number of aryl methyl sites for hydroxylation is 1. The molecule has 2 aromatic rings. The van der Waals surface area contributed by atoms with Gasteiger partial charge in [-0.15, -0.1) is 11.3 Å². The van der Waals surface area contributed by atoms with E-state index in [-0.39, 0.29) is 0 Å². The predicted octanol–water partition coefficient (Wildman–Crippen LogP) is 3.59. The van der Waals surface area contributed by atoms with E-state index in [1.54, 1.807) is 12.3 Å². The van der Waals surface area contributed by atoms with Crippen molar-refractivity contribution in [3.63, 3.8) is 0 Å². The van der Waals surface area contributed by atoms with Gasteiger partial charge < -0.3 is 5.32 Å². The second-order valence-corrected chi connectivity index (χ2v) is 5.30. The van der Waals surface area contributed by atoms with Crippen LogP contribution in [-0.4, -0.2) is 4.98 Å². The first-order chi connectivity index (χ1) is 8.19. The minimum Gasteiger partial charge on any atom is -0.378 e. The van der Waals surface area contributed by atoms with Gasteiger partial charge in [0, 0.05) is 5.69 Å². The van der Waals surface area contributed by atoms with Crippen LogP contribution < -0.4 is 5.32 Å². The average molecular weight is 264 g/mol. The first-order valence-corrected chi connectivity index (χ1v) is 6.23. The Morgan fingerprint density at radius 2 is 2.35 bits per heavy atom. The molecule has 5 heteroatoms. The Labute approximate surface area is 109 Å². The van der Waals surface area contributed by atoms with Crippen LogP contribution in [0.2, 0.25) is 4.34 Å². The molecule has 2 rings (SSSR count). The maximum Gasteiger partial charge on any atom is 0.113 e. The van der Waals surface area contributed by atoms with Crippen molar-refractivity contribution in [1.82, 2.24) is 4.98 Å². The molecule has 0 amide bonds. The smallest absolute Gasteiger partial charge is 0.113 e. The molecule has 0 spiro atoms. The number of nitriles is 1. The monoisotopic (exact) mass is 263 g/mol. The Hall–Kier alpha value is -1.57. The van der Waals surface area contributed by atoms with Crippen molar-refractivity contribution in [1.29, 1.82) is 5.26 Å². The van der Waals surface area contributed by atoms with E-state index in [0.29, 0.717) is 16.4 Å². The number of thiazole rings is 1. The van der Waals surface area contributed by atoms with Gasteiger partial charge in [-0.3, -0.25) is 0 Å². The first kappa shape index (κ1) is 11.9. The molecule has 1 aromatic carbocycles. The number of anilines is 1. The molecule has 1 N–H and O–H groups in total. The molecular weight excluding hydrogens is 254 g/mol. The van der Waals surface area contributed by atoms with E-state index in [9.17, 15) is 0 Å². The van der Waals surface area contributed by atoms with Gasteiger partial charge in [-0.25, -0.2) is 4.98 Å². The summed E-state index contributed by atoms with van der Waals surface area (Å²) in [6.45, 7) is 2.62. The summed E-state index contributed by atoms with van der Waals surface area (Å²) < 4.78 is 0.685. The maximum absolute atomic E-state index is 8.84. The van der Waals surface area contributed by atoms with Crippen molar-refractivity contribution in [2.24, 2.45) is 0 Å². The number of rotatable bonds is 3. The van der Waals surface area contributed by atoms with Crippen LogP contribution in [0.15, 0.2) is 24.4 Å². The lowest BCUT2D eigenvalue weighted by Gasteiger charge is -2.08. The Kier molecular flexibility index (Phi) is 3.62. The molecule has 0 aliphatic heterocycles. The van der Waals surface area contributed by atoms with Crippen molar-refractivity contribution in [3.8, 4) is 6.07 Å². The first-order valence-electron chi connectivity index (χ1n) is 5.04. The fourth-order valence-electron chi connectivity index (χ4n) is 1.42. The van der Waals surface area contributed by atoms with Crippen LogP contribution in [0.25, 0.3) is 0 Å². The van der Waals surface area contributed by atoms with Crippen molar-refractivity contribution in [2.45, 2.75) is 13.5 Å². The number of halogens is 1. The van der Waals surface area contributed by atoms with Crippen LogP contribution >= 0.6 is 22.9 Å². The summed E-state index contributed by atoms with van der Waals surface area (Å²) in [7, 11) is 0. The second-order valence-electron chi connectivity index (χ2n) is 3.55. The lowest BCUT2D eigenvalue weighted by molar-refractivity contribution is 1.10. The predicted molar refractivity (Wildman–Crippen MR) is 70.3 cm³/mol. The number of hydrogen-bond acceptors (Lipinski definition) is 4. The van der Waals surface area contributed by atoms with E-state index < -0.39 is 0 Å². The second kappa shape index (κ2) is 5.17. The summed E-state index contributed by atoms with van der Waals surface area (Å²) in [5, 5.41) is 13.0. The van der Waals surface area contributed by atoms with E-state index in [1.165, 1.54) is 11.3 Å². The lowest BCUT2D eigenvalue weighted by Crippen LogP contribution is -2.00. The van der Waals surface area contributed by atoms with Crippen LogP contribution in [0.3, 0.4) is 0 Å². The molecule has 1 aromatic heterocycles. The molecule has 17 heavy (non-hydrogen) atoms. The van der Waals surface area contributed by atoms with Gasteiger partial charge in [0.1, 0.15) is 9.34 Å². The molecule has 0 radical (unpaired) electrons. The van der Waals surface area contributed by atoms with Crippen molar-refractivity contribution < 1.29 is 0 Å². The topological polar surface area (TPSA) is 48.7 Å². The zero-order valence-corrected chi connectivity index (χ0v) is 10.8. The van der Waals surface area contributed by atoms with Gasteiger partial charge in [0.15, 0.2) is 0 Å². The summed E-state index contributed by atoms with van der Waals surface area (Å²) in [6.07, 6.45) is 1.64. The van der Waals surface area contributed by atoms with Crippen molar-refractivity contribution in [2.75, 3.05) is 5.32 Å². The Bertz CT molecular complexity index is 571. The highest BCUT2D eigenvalue weighted by Gasteiger charge is 2.03. The summed E-state index contributed by atoms with van der Waals surface area (Å²) in [4.78, 5) is 4.16. The lowest BCUT2D eigenvalue weighted by atomic mass is 10.1. The summed E-state index contributed by atoms with van der Waals surface area (Å²) in [6, 6.07) is 7.69. The molecule has 0 aliphatic carbocycles. The quantitative estimate of drug-likeness (QED) is 0.921. The van der Waals surface area contributed by atoms with Crippen LogP contribution in [0.4, 0.5) is 5.69 Å². The molecule has 0 saturated heterocycles. The van der Waals surface area contributed by atoms with Gasteiger partial charge in [0.05, 0.1) is 24.4 Å². The Morgan fingerprint density at radius 3 is 3.00 bits per heavy atom. The third-order valence-electron chi connectivity index (χ3n) is 2.32. The molecule has 0 atom stereocenters. The highest BCUT2D eigenvalue weighted by Crippen LogP contribution is 2.21. The van der Waals surface area contributed by atoms with E-state index in [1.807, 2.05) is 19.1 Å². The summed E-state index contributed by atoms with van der Waals surface area (Å²) in [5.41, 5.74) is 2.71. The van der Waals surface area contributed by atoms with Crippen LogP contribution in [0.5, 0.6) is 0 Å². The van der Waals surface area contributed by atoms with Gasteiger partial charge in [-0.2, -0.15) is 5.26 Å². The zero-order valence-electron chi connectivity index (χ0n) is 9.20. The standard InChI is InChI=1S/C12H10ClN3S/c1-8-2-3-9(5-14)4-10(8)15-7-12-16-6-11(13)17-12/h2-4,6,15H,7H2,1H3. The van der Waals surface area contributed by atoms with Gasteiger partial charge in [0.25, 0.3) is 0 Å². The molecule has 0 fully saturated rings. The summed E-state index contributed by atoms with van der Waals surface area (Å²) >= 11 is 7.26. The van der Waals surface area contributed by atoms with E-state index in [0.717, 1.165) is 16.3 Å². The van der Waals surface area contributed by atoms with Gasteiger partial charge in [0.2, 0.25) is 0 Å². The highest BCUT2D eigenvalue weighted by molar-refractivity contribution is 7.15. The minimum atomic E-state index is 0.618. The largest absolute Gasteiger partial charge is 0.378 e. The molecule has 0 aliphatic rings.